The predicted molar refractivity (Wildman–Crippen MR) is 291 cm³/mol. The fraction of sp³-hybridized carbons (Fsp3) is 0.800. The number of esters is 1. The van der Waals surface area contributed by atoms with Crippen molar-refractivity contribution in [1.29, 1.82) is 0 Å². The van der Waals surface area contributed by atoms with Crippen LogP contribution < -0.4 is 28.2 Å². The number of hydrazine groups is 2. The third kappa shape index (κ3) is 17.4. The van der Waals surface area contributed by atoms with Crippen molar-refractivity contribution in [2.24, 2.45) is 40.9 Å². The minimum Gasteiger partial charge on any atom is -0.459 e. The summed E-state index contributed by atoms with van der Waals surface area (Å²) >= 11 is 0. The third-order valence-corrected chi connectivity index (χ3v) is 16.2. The van der Waals surface area contributed by atoms with E-state index in [1.165, 1.54) is 24.6 Å². The fourth-order valence-electron chi connectivity index (χ4n) is 11.4. The number of likely N-dealkylation sites (N-methyl/N-ethyl adjacent to an activating group) is 2. The van der Waals surface area contributed by atoms with Gasteiger partial charge in [0, 0.05) is 82.8 Å². The Hall–Kier alpha value is -3.23. The van der Waals surface area contributed by atoms with E-state index in [2.05, 4.69) is 0 Å². The van der Waals surface area contributed by atoms with Gasteiger partial charge >= 0.3 is 5.97 Å². The number of nitrogens with two attached hydrogens (primary N) is 4. The summed E-state index contributed by atoms with van der Waals surface area (Å²) < 4.78 is 43.4. The van der Waals surface area contributed by atoms with Crippen molar-refractivity contribution < 1.29 is 63.5 Å². The number of hydrogen-bond acceptors (Lipinski definition) is 21. The Kier molecular flexibility index (Phi) is 24.7. The summed E-state index contributed by atoms with van der Waals surface area (Å²) in [5, 5.41) is 62.8. The second kappa shape index (κ2) is 28.8. The van der Waals surface area contributed by atoms with Gasteiger partial charge in [-0.05, 0) is 125 Å². The molecule has 0 radical (unpaired) electrons. The minimum atomic E-state index is -1.84. The van der Waals surface area contributed by atoms with E-state index in [0.29, 0.717) is 43.9 Å². The lowest BCUT2D eigenvalue weighted by atomic mass is 9.77. The van der Waals surface area contributed by atoms with E-state index in [9.17, 15) is 30.3 Å². The van der Waals surface area contributed by atoms with E-state index in [1.807, 2.05) is 68.9 Å². The Morgan fingerprint density at radius 3 is 2.17 bits per heavy atom. The van der Waals surface area contributed by atoms with Crippen LogP contribution in [0.1, 0.15) is 120 Å². The van der Waals surface area contributed by atoms with Crippen LogP contribution in [0, 0.1) is 17.8 Å². The number of ether oxygens (including phenoxy) is 7. The molecular formula is C55H100N8O13. The third-order valence-electron chi connectivity index (χ3n) is 16.2. The average molecular weight is 1080 g/mol. The zero-order chi connectivity index (χ0) is 57.0. The number of cyclic esters (lactones) is 1. The van der Waals surface area contributed by atoms with Crippen LogP contribution in [-0.2, 0) is 44.4 Å². The lowest BCUT2D eigenvalue weighted by Gasteiger charge is -2.49. The highest BCUT2D eigenvalue weighted by Gasteiger charge is 2.53. The number of carbonyl (C=O) groups excluding carboxylic acids is 1. The number of nitrogens with zero attached hydrogens (tertiary/aromatic N) is 4. The number of aliphatic hydroxyl groups is 5. The van der Waals surface area contributed by atoms with Crippen molar-refractivity contribution in [3.05, 3.63) is 53.6 Å². The molecule has 3 aliphatic heterocycles. The van der Waals surface area contributed by atoms with Gasteiger partial charge in [-0.2, -0.15) is 0 Å². The topological polar surface area (TPSA) is 300 Å². The summed E-state index contributed by atoms with van der Waals surface area (Å²) in [5.41, 5.74) is 11.0. The van der Waals surface area contributed by atoms with Crippen molar-refractivity contribution >= 4 is 11.7 Å². The molecule has 18 atom stereocenters. The van der Waals surface area contributed by atoms with Gasteiger partial charge in [-0.1, -0.05) is 32.9 Å². The molecule has 1 aromatic rings. The Morgan fingerprint density at radius 1 is 0.895 bits per heavy atom. The summed E-state index contributed by atoms with van der Waals surface area (Å²) in [6, 6.07) is 6.95. The van der Waals surface area contributed by atoms with Crippen LogP contribution in [0.25, 0.3) is 0 Å². The highest BCUT2D eigenvalue weighted by molar-refractivity contribution is 5.73. The summed E-state index contributed by atoms with van der Waals surface area (Å²) in [6.45, 7) is 19.3. The largest absolute Gasteiger partial charge is 0.459 e. The highest BCUT2D eigenvalue weighted by Crippen LogP contribution is 2.40. The van der Waals surface area contributed by atoms with Crippen LogP contribution in [0.3, 0.4) is 0 Å². The molecule has 438 valence electrons. The van der Waals surface area contributed by atoms with E-state index < -0.39 is 102 Å². The van der Waals surface area contributed by atoms with Crippen molar-refractivity contribution in [3.63, 3.8) is 0 Å². The molecule has 13 N–H and O–H groups in total. The summed E-state index contributed by atoms with van der Waals surface area (Å²) in [5.74, 6) is 9.70. The Labute approximate surface area is 453 Å². The van der Waals surface area contributed by atoms with Crippen LogP contribution in [0.2, 0.25) is 0 Å². The molecule has 4 rings (SSSR count). The maximum absolute atomic E-state index is 14.5. The first-order valence-corrected chi connectivity index (χ1v) is 27.3. The number of aliphatic hydroxyl groups excluding tert-OH is 3. The monoisotopic (exact) mass is 1080 g/mol. The number of carbonyl (C=O) groups is 1. The van der Waals surface area contributed by atoms with E-state index in [-0.39, 0.29) is 37.9 Å². The van der Waals surface area contributed by atoms with Gasteiger partial charge in [-0.25, -0.2) is 11.7 Å². The second-order valence-electron chi connectivity index (χ2n) is 23.0. The molecule has 0 aromatic heterocycles. The number of aryl methyl sites for hydroxylation is 1. The first-order chi connectivity index (χ1) is 35.5. The van der Waals surface area contributed by atoms with Gasteiger partial charge in [0.25, 0.3) is 0 Å². The molecule has 0 bridgehead atoms. The van der Waals surface area contributed by atoms with Gasteiger partial charge < -0.3 is 85.0 Å². The molecule has 0 spiro atoms. The predicted octanol–water partition coefficient (Wildman–Crippen LogP) is 2.79. The van der Waals surface area contributed by atoms with Gasteiger partial charge in [0.2, 0.25) is 0 Å². The molecule has 3 saturated heterocycles. The number of rotatable bonds is 20. The molecule has 21 heteroatoms. The highest BCUT2D eigenvalue weighted by atomic mass is 16.7. The van der Waals surface area contributed by atoms with Crippen molar-refractivity contribution in [3.8, 4) is 0 Å². The lowest BCUT2D eigenvalue weighted by Crippen LogP contribution is -2.61. The van der Waals surface area contributed by atoms with Gasteiger partial charge in [0.05, 0.1) is 59.5 Å². The number of unbranched alkanes of at least 4 members (excludes halogenated alkanes) is 1. The van der Waals surface area contributed by atoms with Crippen LogP contribution in [0.5, 0.6) is 0 Å². The molecule has 3 fully saturated rings. The SMILES string of the molecule is CC[C@H]1OC(=O)[C@H](C)[C@@H](O[C@H]2C[C@@](C)(OC)[C@@H](O)[C@H](C)O2)[C@H](C)[C@@H](O[C@@H]2O[C@H](C)C[C@H](N(C)CC/C(N)=C/N(N)CCCCc3ccc(N(N)/C=C(\N)COC)cc3)[C@H]2O)[C@](C)(O)C[C@@H](C)CN(C)[C@H](C)[C@@H](O)[C@]1(C)O. The smallest absolute Gasteiger partial charge is 0.311 e. The minimum absolute atomic E-state index is 0.0955. The normalized spacial score (nSPS) is 38.1. The zero-order valence-electron chi connectivity index (χ0n) is 48.2. The van der Waals surface area contributed by atoms with Crippen LogP contribution in [-0.4, -0.2) is 191 Å². The maximum Gasteiger partial charge on any atom is 0.311 e. The lowest BCUT2D eigenvalue weighted by molar-refractivity contribution is -0.318. The first kappa shape index (κ1) is 65.3. The van der Waals surface area contributed by atoms with E-state index in [0.717, 1.165) is 24.9 Å². The quantitative estimate of drug-likeness (QED) is 0.0393. The molecule has 0 unspecified atom stereocenters. The van der Waals surface area contributed by atoms with Crippen molar-refractivity contribution in [1.82, 2.24) is 14.8 Å². The molecule has 0 aliphatic carbocycles. The molecule has 0 saturated carbocycles. The van der Waals surface area contributed by atoms with E-state index in [4.69, 9.17) is 56.3 Å². The molecule has 0 amide bonds. The molecule has 3 aliphatic rings. The number of hydrogen-bond donors (Lipinski definition) is 9. The number of benzene rings is 1. The Bertz CT molecular complexity index is 1990. The molecule has 1 aromatic carbocycles. The van der Waals surface area contributed by atoms with E-state index in [1.54, 1.807) is 66.1 Å². The number of anilines is 1. The average Bonchev–Trinajstić information content (AvgIpc) is 3.35. The summed E-state index contributed by atoms with van der Waals surface area (Å²) in [7, 11) is 6.82. The molecule has 21 nitrogen and oxygen atoms in total. The van der Waals surface area contributed by atoms with Crippen LogP contribution in [0.4, 0.5) is 5.69 Å². The zero-order valence-corrected chi connectivity index (χ0v) is 48.2. The van der Waals surface area contributed by atoms with Gasteiger partial charge in [-0.3, -0.25) is 9.80 Å². The Balaban J connectivity index is 1.54. The standard InChI is InChI=1S/C55H100N8O13/c1-15-44-55(10,69)48(65)37(6)61(12)29-33(2)27-53(8,68)50(35(4)47(36(5)51(67)74-44)75-45-28-54(9,71-14)49(66)38(7)73-45)76-52-46(64)43(26-34(3)72-52)60(11)25-23-40(56)30-62(58)24-17-16-18-39-19-21-42(22-20-39)63(59)31-41(57)32-70-13/h19-22,30-31,33-38,43-50,52,64-66,68-69H,15-18,23-29,32,56-59H2,1-14H3/b40-30-,41-31-/t33-,34-,35+,36-,37-,38+,43+,44-,45+,46-,47+,48-,49+,50-,52+,53-,54-,55-/m1/s1. The second-order valence-corrected chi connectivity index (χ2v) is 23.0. The van der Waals surface area contributed by atoms with Crippen LogP contribution >= 0.6 is 0 Å². The first-order valence-electron chi connectivity index (χ1n) is 27.3. The number of methoxy groups -OCH3 is 2. The summed E-state index contributed by atoms with van der Waals surface area (Å²) in [6.07, 6.45) is -2.74. The molecule has 76 heavy (non-hydrogen) atoms. The van der Waals surface area contributed by atoms with Gasteiger partial charge in [-0.15, -0.1) is 0 Å². The van der Waals surface area contributed by atoms with Crippen LogP contribution in [0.15, 0.2) is 48.1 Å². The summed E-state index contributed by atoms with van der Waals surface area (Å²) in [4.78, 5) is 18.4. The van der Waals surface area contributed by atoms with Gasteiger partial charge in [0.1, 0.15) is 30.0 Å². The Morgan fingerprint density at radius 2 is 1.55 bits per heavy atom. The maximum atomic E-state index is 14.5. The van der Waals surface area contributed by atoms with Crippen molar-refractivity contribution in [2.75, 3.05) is 59.6 Å². The molecule has 3 heterocycles. The van der Waals surface area contributed by atoms with Gasteiger partial charge in [0.15, 0.2) is 12.6 Å². The van der Waals surface area contributed by atoms with Crippen molar-refractivity contribution in [2.45, 2.75) is 211 Å². The fourth-order valence-corrected chi connectivity index (χ4v) is 11.4. The van der Waals surface area contributed by atoms with E-state index >= 15 is 0 Å². The molecular weight excluding hydrogens is 981 g/mol.